The summed E-state index contributed by atoms with van der Waals surface area (Å²) < 4.78 is 5.45. The highest BCUT2D eigenvalue weighted by molar-refractivity contribution is 5.95. The minimum absolute atomic E-state index is 0.108. The predicted octanol–water partition coefficient (Wildman–Crippen LogP) is 3.69. The third kappa shape index (κ3) is 2.77. The average molecular weight is 249 g/mol. The number of amides is 1. The van der Waals surface area contributed by atoms with Gasteiger partial charge in [0.1, 0.15) is 11.5 Å². The highest BCUT2D eigenvalue weighted by Gasteiger charge is 2.24. The van der Waals surface area contributed by atoms with Crippen LogP contribution in [0.1, 0.15) is 60.4 Å². The van der Waals surface area contributed by atoms with Crippen molar-refractivity contribution >= 4 is 5.91 Å². The molecule has 0 saturated heterocycles. The van der Waals surface area contributed by atoms with Gasteiger partial charge in [-0.25, -0.2) is 0 Å². The van der Waals surface area contributed by atoms with Crippen LogP contribution in [-0.4, -0.2) is 23.9 Å². The lowest BCUT2D eigenvalue weighted by molar-refractivity contribution is 0.0716. The fraction of sp³-hybridized carbons (Fsp3) is 0.667. The molecule has 1 heterocycles. The predicted molar refractivity (Wildman–Crippen MR) is 71.8 cm³/mol. The summed E-state index contributed by atoms with van der Waals surface area (Å²) in [4.78, 5) is 14.4. The molecule has 0 atom stereocenters. The molecule has 3 heteroatoms. The summed E-state index contributed by atoms with van der Waals surface area (Å²) in [5, 5.41) is 0. The molecule has 18 heavy (non-hydrogen) atoms. The molecule has 1 aliphatic carbocycles. The number of carbonyl (C=O) groups excluding carboxylic acids is 1. The van der Waals surface area contributed by atoms with E-state index >= 15 is 0 Å². The summed E-state index contributed by atoms with van der Waals surface area (Å²) >= 11 is 0. The maximum absolute atomic E-state index is 12.5. The van der Waals surface area contributed by atoms with Crippen LogP contribution < -0.4 is 0 Å². The van der Waals surface area contributed by atoms with Crippen molar-refractivity contribution in [3.8, 4) is 0 Å². The van der Waals surface area contributed by atoms with Crippen molar-refractivity contribution < 1.29 is 9.21 Å². The molecule has 100 valence electrons. The molecule has 0 spiro atoms. The first-order chi connectivity index (χ1) is 8.59. The van der Waals surface area contributed by atoms with Crippen molar-refractivity contribution in [3.63, 3.8) is 0 Å². The zero-order valence-corrected chi connectivity index (χ0v) is 11.7. The zero-order valence-electron chi connectivity index (χ0n) is 11.7. The topological polar surface area (TPSA) is 33.5 Å². The van der Waals surface area contributed by atoms with Crippen molar-refractivity contribution in [2.24, 2.45) is 0 Å². The maximum Gasteiger partial charge on any atom is 0.257 e. The van der Waals surface area contributed by atoms with Gasteiger partial charge >= 0.3 is 0 Å². The van der Waals surface area contributed by atoms with Gasteiger partial charge in [0.2, 0.25) is 0 Å². The molecule has 1 fully saturated rings. The van der Waals surface area contributed by atoms with Gasteiger partial charge in [0.15, 0.2) is 0 Å². The van der Waals surface area contributed by atoms with E-state index in [1.807, 2.05) is 31.9 Å². The number of hydrogen-bond donors (Lipinski definition) is 0. The maximum atomic E-state index is 12.5. The lowest BCUT2D eigenvalue weighted by atomic mass is 10.1. The average Bonchev–Trinajstić information content (AvgIpc) is 2.59. The van der Waals surface area contributed by atoms with E-state index in [1.54, 1.807) is 0 Å². The van der Waals surface area contributed by atoms with E-state index in [-0.39, 0.29) is 5.91 Å². The molecule has 2 rings (SSSR count). The minimum atomic E-state index is 0.108. The second-order valence-corrected chi connectivity index (χ2v) is 5.39. The number of aryl methyl sites for hydroxylation is 2. The van der Waals surface area contributed by atoms with E-state index in [2.05, 4.69) is 0 Å². The molecule has 0 aromatic carbocycles. The van der Waals surface area contributed by atoms with Crippen LogP contribution in [0, 0.1) is 13.8 Å². The number of nitrogens with zero attached hydrogens (tertiary/aromatic N) is 1. The van der Waals surface area contributed by atoms with Gasteiger partial charge in [0.25, 0.3) is 5.91 Å². The van der Waals surface area contributed by atoms with Crippen LogP contribution in [0.25, 0.3) is 0 Å². The summed E-state index contributed by atoms with van der Waals surface area (Å²) in [5.41, 5.74) is 0.722. The van der Waals surface area contributed by atoms with E-state index in [0.29, 0.717) is 6.04 Å². The van der Waals surface area contributed by atoms with Gasteiger partial charge in [-0.2, -0.15) is 0 Å². The van der Waals surface area contributed by atoms with Crippen molar-refractivity contribution in [2.75, 3.05) is 7.05 Å². The Morgan fingerprint density at radius 3 is 2.33 bits per heavy atom. The second kappa shape index (κ2) is 5.59. The number of hydrogen-bond acceptors (Lipinski definition) is 2. The van der Waals surface area contributed by atoms with E-state index in [1.165, 1.54) is 25.7 Å². The zero-order chi connectivity index (χ0) is 13.1. The summed E-state index contributed by atoms with van der Waals surface area (Å²) in [6, 6.07) is 2.25. The number of rotatable bonds is 2. The van der Waals surface area contributed by atoms with E-state index in [9.17, 15) is 4.79 Å². The third-order valence-electron chi connectivity index (χ3n) is 3.96. The van der Waals surface area contributed by atoms with Crippen LogP contribution in [0.5, 0.6) is 0 Å². The van der Waals surface area contributed by atoms with Crippen LogP contribution in [-0.2, 0) is 0 Å². The van der Waals surface area contributed by atoms with Crippen LogP contribution in [0.4, 0.5) is 0 Å². The molecule has 0 radical (unpaired) electrons. The Bertz CT molecular complexity index is 414. The lowest BCUT2D eigenvalue weighted by Gasteiger charge is -2.27. The highest BCUT2D eigenvalue weighted by atomic mass is 16.3. The van der Waals surface area contributed by atoms with Crippen LogP contribution >= 0.6 is 0 Å². The Kier molecular flexibility index (Phi) is 4.10. The largest absolute Gasteiger partial charge is 0.466 e. The van der Waals surface area contributed by atoms with Gasteiger partial charge < -0.3 is 9.32 Å². The highest BCUT2D eigenvalue weighted by Crippen LogP contribution is 2.23. The SMILES string of the molecule is Cc1cc(C(=O)N(C)C2CCCCCC2)c(C)o1. The van der Waals surface area contributed by atoms with Gasteiger partial charge in [-0.15, -0.1) is 0 Å². The molecule has 0 N–H and O–H groups in total. The van der Waals surface area contributed by atoms with Gasteiger partial charge in [0.05, 0.1) is 5.56 Å². The molecule has 1 aliphatic rings. The Morgan fingerprint density at radius 1 is 1.22 bits per heavy atom. The second-order valence-electron chi connectivity index (χ2n) is 5.39. The minimum Gasteiger partial charge on any atom is -0.466 e. The summed E-state index contributed by atoms with van der Waals surface area (Å²) in [6.07, 6.45) is 7.37. The Hall–Kier alpha value is -1.25. The van der Waals surface area contributed by atoms with E-state index in [4.69, 9.17) is 4.42 Å². The smallest absolute Gasteiger partial charge is 0.257 e. The molecular weight excluding hydrogens is 226 g/mol. The lowest BCUT2D eigenvalue weighted by Crippen LogP contribution is -2.36. The van der Waals surface area contributed by atoms with Crippen molar-refractivity contribution in [1.82, 2.24) is 4.90 Å². The van der Waals surface area contributed by atoms with Gasteiger partial charge in [0, 0.05) is 13.1 Å². The third-order valence-corrected chi connectivity index (χ3v) is 3.96. The molecule has 0 aliphatic heterocycles. The fourth-order valence-electron chi connectivity index (χ4n) is 2.84. The first-order valence-electron chi connectivity index (χ1n) is 6.94. The Balaban J connectivity index is 2.10. The van der Waals surface area contributed by atoms with E-state index < -0.39 is 0 Å². The Morgan fingerprint density at radius 2 is 1.83 bits per heavy atom. The molecular formula is C15H23NO2. The molecule has 0 unspecified atom stereocenters. The normalized spacial score (nSPS) is 17.5. The van der Waals surface area contributed by atoms with Crippen molar-refractivity contribution in [3.05, 3.63) is 23.2 Å². The van der Waals surface area contributed by atoms with Gasteiger partial charge in [-0.1, -0.05) is 25.7 Å². The number of carbonyl (C=O) groups is 1. The summed E-state index contributed by atoms with van der Waals surface area (Å²) in [7, 11) is 1.93. The standard InChI is InChI=1S/C15H23NO2/c1-11-10-14(12(2)18-11)15(17)16(3)13-8-6-4-5-7-9-13/h10,13H,4-9H2,1-3H3. The molecule has 1 saturated carbocycles. The van der Waals surface area contributed by atoms with Crippen LogP contribution in [0.2, 0.25) is 0 Å². The fourth-order valence-corrected chi connectivity index (χ4v) is 2.84. The molecule has 1 aromatic rings. The molecule has 1 amide bonds. The van der Waals surface area contributed by atoms with Crippen LogP contribution in [0.3, 0.4) is 0 Å². The monoisotopic (exact) mass is 249 g/mol. The van der Waals surface area contributed by atoms with Crippen molar-refractivity contribution in [2.45, 2.75) is 58.4 Å². The first kappa shape index (κ1) is 13.2. The quantitative estimate of drug-likeness (QED) is 0.749. The molecule has 0 bridgehead atoms. The van der Waals surface area contributed by atoms with Gasteiger partial charge in [-0.3, -0.25) is 4.79 Å². The van der Waals surface area contributed by atoms with Crippen molar-refractivity contribution in [1.29, 1.82) is 0 Å². The summed E-state index contributed by atoms with van der Waals surface area (Å²) in [5.74, 6) is 1.65. The Labute approximate surface area is 109 Å². The number of furan rings is 1. The van der Waals surface area contributed by atoms with Gasteiger partial charge in [-0.05, 0) is 32.8 Å². The first-order valence-corrected chi connectivity index (χ1v) is 6.94. The molecule has 1 aromatic heterocycles. The van der Waals surface area contributed by atoms with E-state index in [0.717, 1.165) is 29.9 Å². The van der Waals surface area contributed by atoms with Crippen LogP contribution in [0.15, 0.2) is 10.5 Å². The summed E-state index contributed by atoms with van der Waals surface area (Å²) in [6.45, 7) is 3.75. The molecule has 3 nitrogen and oxygen atoms in total.